The largest absolute Gasteiger partial charge is 0.378 e. The maximum absolute atomic E-state index is 12.4. The number of hydrogen-bond donors (Lipinski definition) is 1. The van der Waals surface area contributed by atoms with Crippen LogP contribution in [0, 0.1) is 0 Å². The van der Waals surface area contributed by atoms with E-state index in [1.807, 2.05) is 24.4 Å². The van der Waals surface area contributed by atoms with Crippen molar-refractivity contribution >= 4 is 28.2 Å². The molecule has 0 atom stereocenters. The lowest BCUT2D eigenvalue weighted by Gasteiger charge is -2.29. The fourth-order valence-electron chi connectivity index (χ4n) is 3.85. The fraction of sp³-hybridized carbons (Fsp3) is 0.208. The van der Waals surface area contributed by atoms with Crippen LogP contribution in [0.1, 0.15) is 10.5 Å². The highest BCUT2D eigenvalue weighted by Gasteiger charge is 2.13. The molecule has 1 N–H and O–H groups in total. The Kier molecular flexibility index (Phi) is 5.09. The van der Waals surface area contributed by atoms with Gasteiger partial charge in [0, 0.05) is 54.9 Å². The lowest BCUT2D eigenvalue weighted by molar-refractivity contribution is 0.101. The molecule has 31 heavy (non-hydrogen) atoms. The number of nitrogens with one attached hydrogen (secondary N) is 1. The van der Waals surface area contributed by atoms with E-state index in [0.29, 0.717) is 11.4 Å². The Morgan fingerprint density at radius 2 is 1.90 bits per heavy atom. The van der Waals surface area contributed by atoms with E-state index in [9.17, 15) is 4.79 Å². The van der Waals surface area contributed by atoms with E-state index in [-0.39, 0.29) is 5.91 Å². The fourth-order valence-corrected chi connectivity index (χ4v) is 3.85. The number of pyridine rings is 1. The summed E-state index contributed by atoms with van der Waals surface area (Å²) >= 11 is 0. The summed E-state index contributed by atoms with van der Waals surface area (Å²) in [6.45, 7) is 3.35. The minimum Gasteiger partial charge on any atom is -0.378 e. The topological polar surface area (TPSA) is 72.3 Å². The first kappa shape index (κ1) is 19.3. The standard InChI is InChI=1S/C24H23N5O2/c1-28-23(7-8-26-28)24(30)27-20-6-5-18-13-19(16-25-22(18)15-20)17-3-2-4-21(14-17)29-9-11-31-12-10-29/h2-8,13-16H,9-12H2,1H3,(H,27,30). The molecule has 7 nitrogen and oxygen atoms in total. The van der Waals surface area contributed by atoms with Gasteiger partial charge in [-0.15, -0.1) is 0 Å². The molecule has 2 aromatic heterocycles. The van der Waals surface area contributed by atoms with Gasteiger partial charge in [-0.1, -0.05) is 18.2 Å². The first-order chi connectivity index (χ1) is 15.2. The van der Waals surface area contributed by atoms with E-state index >= 15 is 0 Å². The predicted octanol–water partition coefficient (Wildman–Crippen LogP) is 3.72. The van der Waals surface area contributed by atoms with Crippen molar-refractivity contribution < 1.29 is 9.53 Å². The van der Waals surface area contributed by atoms with Crippen LogP contribution in [-0.4, -0.2) is 47.0 Å². The Morgan fingerprint density at radius 3 is 2.71 bits per heavy atom. The second kappa shape index (κ2) is 8.20. The Morgan fingerprint density at radius 1 is 1.03 bits per heavy atom. The van der Waals surface area contributed by atoms with Crippen LogP contribution in [0.25, 0.3) is 22.0 Å². The summed E-state index contributed by atoms with van der Waals surface area (Å²) in [6.07, 6.45) is 3.49. The highest BCUT2D eigenvalue weighted by atomic mass is 16.5. The molecule has 0 saturated carbocycles. The van der Waals surface area contributed by atoms with Crippen LogP contribution in [0.2, 0.25) is 0 Å². The van der Waals surface area contributed by atoms with Crippen LogP contribution in [-0.2, 0) is 11.8 Å². The number of fused-ring (bicyclic) bond motifs is 1. The molecule has 3 heterocycles. The third-order valence-electron chi connectivity index (χ3n) is 5.55. The molecular formula is C24H23N5O2. The lowest BCUT2D eigenvalue weighted by atomic mass is 10.0. The molecule has 0 bridgehead atoms. The van der Waals surface area contributed by atoms with Gasteiger partial charge in [0.25, 0.3) is 5.91 Å². The maximum Gasteiger partial charge on any atom is 0.273 e. The molecule has 5 rings (SSSR count). The molecule has 4 aromatic rings. The van der Waals surface area contributed by atoms with Crippen molar-refractivity contribution in [3.05, 3.63) is 72.7 Å². The number of aromatic nitrogens is 3. The summed E-state index contributed by atoms with van der Waals surface area (Å²) in [5.74, 6) is -0.198. The summed E-state index contributed by atoms with van der Waals surface area (Å²) < 4.78 is 7.01. The van der Waals surface area contributed by atoms with Crippen LogP contribution >= 0.6 is 0 Å². The first-order valence-corrected chi connectivity index (χ1v) is 10.3. The second-order valence-electron chi connectivity index (χ2n) is 7.58. The molecule has 7 heteroatoms. The van der Waals surface area contributed by atoms with E-state index < -0.39 is 0 Å². The Bertz CT molecular complexity index is 1240. The predicted molar refractivity (Wildman–Crippen MR) is 121 cm³/mol. The number of morpholine rings is 1. The number of hydrogen-bond acceptors (Lipinski definition) is 5. The molecule has 0 unspecified atom stereocenters. The molecule has 1 saturated heterocycles. The number of ether oxygens (including phenoxy) is 1. The van der Waals surface area contributed by atoms with Crippen LogP contribution in [0.3, 0.4) is 0 Å². The number of benzene rings is 2. The monoisotopic (exact) mass is 413 g/mol. The van der Waals surface area contributed by atoms with Gasteiger partial charge >= 0.3 is 0 Å². The van der Waals surface area contributed by atoms with Gasteiger partial charge in [0.2, 0.25) is 0 Å². The van der Waals surface area contributed by atoms with Crippen LogP contribution in [0.15, 0.2) is 67.0 Å². The van der Waals surface area contributed by atoms with Crippen molar-refractivity contribution in [3.63, 3.8) is 0 Å². The van der Waals surface area contributed by atoms with Gasteiger partial charge in [0.1, 0.15) is 5.69 Å². The molecule has 156 valence electrons. The van der Waals surface area contributed by atoms with E-state index in [0.717, 1.165) is 48.3 Å². The molecular weight excluding hydrogens is 390 g/mol. The molecule has 0 radical (unpaired) electrons. The number of anilines is 2. The molecule has 0 spiro atoms. The SMILES string of the molecule is Cn1nccc1C(=O)Nc1ccc2cc(-c3cccc(N4CCOCC4)c3)cnc2c1. The highest BCUT2D eigenvalue weighted by Crippen LogP contribution is 2.28. The minimum absolute atomic E-state index is 0.198. The average molecular weight is 413 g/mol. The first-order valence-electron chi connectivity index (χ1n) is 10.3. The summed E-state index contributed by atoms with van der Waals surface area (Å²) in [4.78, 5) is 19.4. The zero-order valence-corrected chi connectivity index (χ0v) is 17.3. The molecule has 1 aliphatic rings. The molecule has 1 aliphatic heterocycles. The Balaban J connectivity index is 1.39. The van der Waals surface area contributed by atoms with Gasteiger partial charge in [-0.2, -0.15) is 5.10 Å². The lowest BCUT2D eigenvalue weighted by Crippen LogP contribution is -2.36. The minimum atomic E-state index is -0.198. The van der Waals surface area contributed by atoms with Gasteiger partial charge in [-0.25, -0.2) is 0 Å². The molecule has 1 fully saturated rings. The normalized spacial score (nSPS) is 14.0. The van der Waals surface area contributed by atoms with Gasteiger partial charge in [0.05, 0.1) is 18.7 Å². The van der Waals surface area contributed by atoms with Crippen LogP contribution in [0.5, 0.6) is 0 Å². The number of amides is 1. The van der Waals surface area contributed by atoms with Crippen molar-refractivity contribution in [1.82, 2.24) is 14.8 Å². The quantitative estimate of drug-likeness (QED) is 0.552. The summed E-state index contributed by atoms with van der Waals surface area (Å²) in [5, 5.41) is 7.97. The number of nitrogens with zero attached hydrogens (tertiary/aromatic N) is 4. The van der Waals surface area contributed by atoms with Crippen molar-refractivity contribution in [3.8, 4) is 11.1 Å². The molecule has 1 amide bonds. The number of rotatable bonds is 4. The molecule has 2 aromatic carbocycles. The zero-order chi connectivity index (χ0) is 21.2. The Labute approximate surface area is 180 Å². The van der Waals surface area contributed by atoms with E-state index in [1.165, 1.54) is 5.69 Å². The maximum atomic E-state index is 12.4. The Hall–Kier alpha value is -3.71. The third kappa shape index (κ3) is 4.00. The van der Waals surface area contributed by atoms with Crippen molar-refractivity contribution in [2.75, 3.05) is 36.5 Å². The number of carbonyl (C=O) groups excluding carboxylic acids is 1. The van der Waals surface area contributed by atoms with Gasteiger partial charge in [0.15, 0.2) is 0 Å². The summed E-state index contributed by atoms with van der Waals surface area (Å²) in [7, 11) is 1.74. The van der Waals surface area contributed by atoms with E-state index in [2.05, 4.69) is 50.6 Å². The zero-order valence-electron chi connectivity index (χ0n) is 17.3. The van der Waals surface area contributed by atoms with Crippen molar-refractivity contribution in [1.29, 1.82) is 0 Å². The van der Waals surface area contributed by atoms with Gasteiger partial charge < -0.3 is 15.0 Å². The van der Waals surface area contributed by atoms with E-state index in [1.54, 1.807) is 24.0 Å². The molecule has 0 aliphatic carbocycles. The van der Waals surface area contributed by atoms with Crippen LogP contribution < -0.4 is 10.2 Å². The summed E-state index contributed by atoms with van der Waals surface area (Å²) in [5.41, 5.74) is 5.43. The van der Waals surface area contributed by atoms with Gasteiger partial charge in [-0.3, -0.25) is 14.5 Å². The van der Waals surface area contributed by atoms with Gasteiger partial charge in [-0.05, 0) is 42.0 Å². The third-order valence-corrected chi connectivity index (χ3v) is 5.55. The summed E-state index contributed by atoms with van der Waals surface area (Å²) in [6, 6.07) is 18.1. The van der Waals surface area contributed by atoms with Crippen molar-refractivity contribution in [2.24, 2.45) is 7.05 Å². The number of aryl methyl sites for hydroxylation is 1. The van der Waals surface area contributed by atoms with Crippen LogP contribution in [0.4, 0.5) is 11.4 Å². The average Bonchev–Trinajstić information content (AvgIpc) is 3.25. The smallest absolute Gasteiger partial charge is 0.273 e. The van der Waals surface area contributed by atoms with E-state index in [4.69, 9.17) is 4.74 Å². The highest BCUT2D eigenvalue weighted by molar-refractivity contribution is 6.04. The van der Waals surface area contributed by atoms with Crippen molar-refractivity contribution in [2.45, 2.75) is 0 Å². The number of carbonyl (C=O) groups is 1. The second-order valence-corrected chi connectivity index (χ2v) is 7.58.